The molecule has 0 aromatic heterocycles. The maximum absolute atomic E-state index is 12.3. The zero-order valence-corrected chi connectivity index (χ0v) is 5.49. The molecule has 1 aromatic rings. The molecule has 1 nitrogen and oxygen atoms in total. The van der Waals surface area contributed by atoms with E-state index in [1.807, 2.05) is 0 Å². The Hall–Kier alpha value is -1.12. The molecular formula is C7H7F2N. The van der Waals surface area contributed by atoms with Gasteiger partial charge in [-0.25, -0.2) is 8.78 Å². The highest BCUT2D eigenvalue weighted by molar-refractivity contribution is 5.42. The topological polar surface area (TPSA) is 12.0 Å². The summed E-state index contributed by atoms with van der Waals surface area (Å²) >= 11 is 0. The smallest absolute Gasteiger partial charge is 0.128 e. The molecule has 3 heteroatoms. The molecule has 0 atom stereocenters. The molecule has 1 rings (SSSR count). The molecule has 0 fully saturated rings. The van der Waals surface area contributed by atoms with Crippen molar-refractivity contribution in [3.63, 3.8) is 0 Å². The Bertz CT molecular complexity index is 215. The molecule has 1 N–H and O–H groups in total. The Kier molecular flexibility index (Phi) is 1.85. The van der Waals surface area contributed by atoms with Crippen LogP contribution in [0.15, 0.2) is 18.2 Å². The summed E-state index contributed by atoms with van der Waals surface area (Å²) in [5, 5.41) is 2.63. The quantitative estimate of drug-likeness (QED) is 0.634. The van der Waals surface area contributed by atoms with Crippen molar-refractivity contribution in [2.45, 2.75) is 0 Å². The van der Waals surface area contributed by atoms with E-state index in [-0.39, 0.29) is 0 Å². The summed E-state index contributed by atoms with van der Waals surface area (Å²) < 4.78 is 24.7. The molecule has 0 aliphatic rings. The Labute approximate surface area is 57.7 Å². The number of benzene rings is 1. The summed E-state index contributed by atoms with van der Waals surface area (Å²) in [6, 6.07) is 3.28. The molecule has 0 aliphatic carbocycles. The van der Waals surface area contributed by atoms with Gasteiger partial charge >= 0.3 is 0 Å². The molecule has 0 radical (unpaired) electrons. The molecule has 10 heavy (non-hydrogen) atoms. The van der Waals surface area contributed by atoms with Gasteiger partial charge in [-0.3, -0.25) is 0 Å². The lowest BCUT2D eigenvalue weighted by Crippen LogP contribution is -1.89. The van der Waals surface area contributed by atoms with Crippen molar-refractivity contribution in [2.75, 3.05) is 12.4 Å². The monoisotopic (exact) mass is 143 g/mol. The minimum absolute atomic E-state index is 0.442. The number of hydrogen-bond donors (Lipinski definition) is 1. The zero-order chi connectivity index (χ0) is 7.56. The van der Waals surface area contributed by atoms with Crippen LogP contribution in [0, 0.1) is 11.6 Å². The van der Waals surface area contributed by atoms with Gasteiger partial charge in [0.2, 0.25) is 0 Å². The van der Waals surface area contributed by atoms with E-state index in [2.05, 4.69) is 5.32 Å². The van der Waals surface area contributed by atoms with Gasteiger partial charge in [0.05, 0.1) is 0 Å². The van der Waals surface area contributed by atoms with Gasteiger partial charge in [0.15, 0.2) is 0 Å². The van der Waals surface area contributed by atoms with Crippen LogP contribution in [-0.2, 0) is 0 Å². The van der Waals surface area contributed by atoms with Crippen molar-refractivity contribution >= 4 is 5.69 Å². The molecule has 0 spiro atoms. The average molecular weight is 143 g/mol. The predicted octanol–water partition coefficient (Wildman–Crippen LogP) is 2.01. The first kappa shape index (κ1) is 6.99. The van der Waals surface area contributed by atoms with E-state index >= 15 is 0 Å². The standard InChI is InChI=1S/C7H7F2N/c1-10-7-3-5(8)2-6(9)4-7/h2-4,10H,1H3. The van der Waals surface area contributed by atoms with Crippen molar-refractivity contribution < 1.29 is 8.78 Å². The summed E-state index contributed by atoms with van der Waals surface area (Å²) in [6.45, 7) is 0. The number of rotatable bonds is 1. The van der Waals surface area contributed by atoms with E-state index in [1.165, 1.54) is 12.1 Å². The summed E-state index contributed by atoms with van der Waals surface area (Å²) in [5.41, 5.74) is 0.442. The van der Waals surface area contributed by atoms with Gasteiger partial charge < -0.3 is 5.32 Å². The van der Waals surface area contributed by atoms with Gasteiger partial charge in [0.25, 0.3) is 0 Å². The predicted molar refractivity (Wildman–Crippen MR) is 35.9 cm³/mol. The SMILES string of the molecule is CNc1cc(F)cc(F)c1. The highest BCUT2D eigenvalue weighted by atomic mass is 19.1. The van der Waals surface area contributed by atoms with Crippen LogP contribution in [-0.4, -0.2) is 7.05 Å². The first-order valence-corrected chi connectivity index (χ1v) is 2.86. The van der Waals surface area contributed by atoms with Crippen LogP contribution < -0.4 is 5.32 Å². The number of anilines is 1. The van der Waals surface area contributed by atoms with Crippen molar-refractivity contribution in [1.82, 2.24) is 0 Å². The molecule has 54 valence electrons. The van der Waals surface area contributed by atoms with Crippen LogP contribution >= 0.6 is 0 Å². The lowest BCUT2D eigenvalue weighted by molar-refractivity contribution is 0.584. The lowest BCUT2D eigenvalue weighted by atomic mass is 10.3. The van der Waals surface area contributed by atoms with Crippen molar-refractivity contribution in [2.24, 2.45) is 0 Å². The summed E-state index contributed by atoms with van der Waals surface area (Å²) in [5.74, 6) is -1.13. The van der Waals surface area contributed by atoms with Gasteiger partial charge in [-0.15, -0.1) is 0 Å². The Balaban J connectivity index is 3.06. The summed E-state index contributed by atoms with van der Waals surface area (Å²) in [6.07, 6.45) is 0. The average Bonchev–Trinajstić information content (AvgIpc) is 1.85. The highest BCUT2D eigenvalue weighted by Gasteiger charge is 1.96. The van der Waals surface area contributed by atoms with E-state index in [9.17, 15) is 8.78 Å². The van der Waals surface area contributed by atoms with Gasteiger partial charge in [-0.1, -0.05) is 0 Å². The van der Waals surface area contributed by atoms with Crippen molar-refractivity contribution in [3.8, 4) is 0 Å². The minimum Gasteiger partial charge on any atom is -0.388 e. The maximum atomic E-state index is 12.3. The second-order valence-electron chi connectivity index (χ2n) is 1.91. The molecule has 0 aliphatic heterocycles. The van der Waals surface area contributed by atoms with Crippen LogP contribution in [0.3, 0.4) is 0 Å². The highest BCUT2D eigenvalue weighted by Crippen LogP contribution is 2.11. The fourth-order valence-electron chi connectivity index (χ4n) is 0.698. The van der Waals surface area contributed by atoms with Gasteiger partial charge in [-0.2, -0.15) is 0 Å². The summed E-state index contributed by atoms with van der Waals surface area (Å²) in [7, 11) is 1.61. The lowest BCUT2D eigenvalue weighted by Gasteiger charge is -1.98. The molecule has 0 heterocycles. The van der Waals surface area contributed by atoms with Crippen molar-refractivity contribution in [1.29, 1.82) is 0 Å². The molecule has 0 saturated carbocycles. The van der Waals surface area contributed by atoms with E-state index in [0.29, 0.717) is 5.69 Å². The molecule has 0 unspecified atom stereocenters. The molecule has 0 saturated heterocycles. The second kappa shape index (κ2) is 2.64. The maximum Gasteiger partial charge on any atom is 0.128 e. The molecule has 0 bridgehead atoms. The van der Waals surface area contributed by atoms with Crippen molar-refractivity contribution in [3.05, 3.63) is 29.8 Å². The fourth-order valence-corrected chi connectivity index (χ4v) is 0.698. The fraction of sp³-hybridized carbons (Fsp3) is 0.143. The first-order valence-electron chi connectivity index (χ1n) is 2.86. The van der Waals surface area contributed by atoms with Crippen LogP contribution in [0.4, 0.5) is 14.5 Å². The van der Waals surface area contributed by atoms with E-state index in [4.69, 9.17) is 0 Å². The molecule has 0 amide bonds. The van der Waals surface area contributed by atoms with E-state index < -0.39 is 11.6 Å². The van der Waals surface area contributed by atoms with Crippen LogP contribution in [0.25, 0.3) is 0 Å². The minimum atomic E-state index is -0.565. The summed E-state index contributed by atoms with van der Waals surface area (Å²) in [4.78, 5) is 0. The third-order valence-electron chi connectivity index (χ3n) is 1.15. The van der Waals surface area contributed by atoms with E-state index in [0.717, 1.165) is 6.07 Å². The first-order chi connectivity index (χ1) is 4.72. The van der Waals surface area contributed by atoms with Crippen LogP contribution in [0.1, 0.15) is 0 Å². The van der Waals surface area contributed by atoms with Gasteiger partial charge in [-0.05, 0) is 12.1 Å². The third-order valence-corrected chi connectivity index (χ3v) is 1.15. The van der Waals surface area contributed by atoms with Crippen LogP contribution in [0.5, 0.6) is 0 Å². The van der Waals surface area contributed by atoms with Crippen LogP contribution in [0.2, 0.25) is 0 Å². The number of hydrogen-bond acceptors (Lipinski definition) is 1. The largest absolute Gasteiger partial charge is 0.388 e. The van der Waals surface area contributed by atoms with E-state index in [1.54, 1.807) is 7.05 Å². The number of nitrogens with one attached hydrogen (secondary N) is 1. The van der Waals surface area contributed by atoms with Gasteiger partial charge in [0, 0.05) is 18.8 Å². The third kappa shape index (κ3) is 1.43. The number of halogens is 2. The zero-order valence-electron chi connectivity index (χ0n) is 5.49. The second-order valence-corrected chi connectivity index (χ2v) is 1.91. The Morgan fingerprint density at radius 3 is 2.00 bits per heavy atom. The molecular weight excluding hydrogens is 136 g/mol. The Morgan fingerprint density at radius 1 is 1.10 bits per heavy atom. The Morgan fingerprint density at radius 2 is 1.60 bits per heavy atom. The normalized spacial score (nSPS) is 9.50. The molecule has 1 aromatic carbocycles. The van der Waals surface area contributed by atoms with Gasteiger partial charge in [0.1, 0.15) is 11.6 Å².